The quantitative estimate of drug-likeness (QED) is 0.108. The smallest absolute Gasteiger partial charge is 0.306 e. The molecule has 4 aromatic rings. The summed E-state index contributed by atoms with van der Waals surface area (Å²) in [5.74, 6) is -0.00896. The monoisotopic (exact) mass is 702 g/mol. The first-order valence-corrected chi connectivity index (χ1v) is 16.9. The van der Waals surface area contributed by atoms with Crippen LogP contribution in [-0.4, -0.2) is 47.2 Å². The third-order valence-electron chi connectivity index (χ3n) is 7.94. The van der Waals surface area contributed by atoms with E-state index in [0.717, 1.165) is 11.1 Å². The molecule has 0 fully saturated rings. The number of esters is 1. The van der Waals surface area contributed by atoms with Gasteiger partial charge < -0.3 is 24.6 Å². The summed E-state index contributed by atoms with van der Waals surface area (Å²) in [4.78, 5) is 32.6. The van der Waals surface area contributed by atoms with Gasteiger partial charge in [0.05, 0.1) is 6.61 Å². The molecule has 256 valence electrons. The molecule has 1 amide bonds. The normalized spacial score (nSPS) is 17.2. The van der Waals surface area contributed by atoms with Crippen molar-refractivity contribution < 1.29 is 28.9 Å². The van der Waals surface area contributed by atoms with Gasteiger partial charge in [0.1, 0.15) is 11.4 Å². The number of nitrogens with zero attached hydrogens (tertiary/aromatic N) is 1. The molecule has 8 nitrogen and oxygen atoms in total. The number of hydrogen-bond donors (Lipinski definition) is 2. The minimum absolute atomic E-state index is 0.0130. The van der Waals surface area contributed by atoms with Crippen molar-refractivity contribution in [2.45, 2.75) is 63.8 Å². The van der Waals surface area contributed by atoms with E-state index in [4.69, 9.17) is 47.5 Å². The molecule has 1 heterocycles. The highest BCUT2D eigenvalue weighted by molar-refractivity contribution is 6.35. The molecule has 5 rings (SSSR count). The molecule has 0 spiro atoms. The van der Waals surface area contributed by atoms with E-state index in [1.54, 1.807) is 63.2 Å². The van der Waals surface area contributed by atoms with Crippen molar-refractivity contribution in [3.05, 3.63) is 124 Å². The zero-order valence-corrected chi connectivity index (χ0v) is 29.3. The summed E-state index contributed by atoms with van der Waals surface area (Å²) < 4.78 is 17.9. The first kappa shape index (κ1) is 35.9. The number of aliphatic imine (C=N–C) groups is 1. The molecule has 1 aliphatic rings. The van der Waals surface area contributed by atoms with Crippen molar-refractivity contribution in [2.75, 3.05) is 13.2 Å². The summed E-state index contributed by atoms with van der Waals surface area (Å²) in [6, 6.07) is 30.0. The van der Waals surface area contributed by atoms with Gasteiger partial charge in [-0.2, -0.15) is 0 Å². The van der Waals surface area contributed by atoms with Crippen molar-refractivity contribution in [1.82, 2.24) is 5.32 Å². The van der Waals surface area contributed by atoms with Gasteiger partial charge in [-0.25, -0.2) is 4.99 Å². The lowest BCUT2D eigenvalue weighted by atomic mass is 9.83. The van der Waals surface area contributed by atoms with Gasteiger partial charge in [0.25, 0.3) is 5.91 Å². The predicted octanol–water partition coefficient (Wildman–Crippen LogP) is 8.12. The summed E-state index contributed by atoms with van der Waals surface area (Å²) >= 11 is 12.6. The maximum absolute atomic E-state index is 14.5. The Hall–Kier alpha value is -4.37. The minimum atomic E-state index is -1.55. The van der Waals surface area contributed by atoms with Crippen LogP contribution in [0.1, 0.15) is 62.8 Å². The number of benzene rings is 4. The molecule has 0 saturated heterocycles. The third-order valence-corrected chi connectivity index (χ3v) is 8.52. The van der Waals surface area contributed by atoms with Gasteiger partial charge in [0.2, 0.25) is 5.90 Å². The second-order valence-electron chi connectivity index (χ2n) is 12.8. The number of ether oxygens (including phenoxy) is 3. The molecule has 10 heteroatoms. The Morgan fingerprint density at radius 2 is 1.59 bits per heavy atom. The highest BCUT2D eigenvalue weighted by Crippen LogP contribution is 2.44. The van der Waals surface area contributed by atoms with Gasteiger partial charge in [0, 0.05) is 41.6 Å². The van der Waals surface area contributed by atoms with Crippen molar-refractivity contribution in [1.29, 1.82) is 0 Å². The second kappa shape index (κ2) is 15.9. The van der Waals surface area contributed by atoms with Crippen LogP contribution in [0.5, 0.6) is 5.75 Å². The van der Waals surface area contributed by atoms with Crippen LogP contribution in [0.4, 0.5) is 0 Å². The summed E-state index contributed by atoms with van der Waals surface area (Å²) in [6.07, 6.45) is -0.434. The molecule has 0 aliphatic carbocycles. The Balaban J connectivity index is 1.53. The lowest BCUT2D eigenvalue weighted by Gasteiger charge is -2.31. The van der Waals surface area contributed by atoms with Crippen molar-refractivity contribution in [2.24, 2.45) is 4.99 Å². The van der Waals surface area contributed by atoms with Crippen molar-refractivity contribution >= 4 is 41.0 Å². The number of rotatable bonds is 13. The van der Waals surface area contributed by atoms with Gasteiger partial charge in [-0.1, -0.05) is 83.9 Å². The largest absolute Gasteiger partial charge is 0.494 e. The van der Waals surface area contributed by atoms with Crippen LogP contribution in [0.25, 0.3) is 11.1 Å². The number of nitrogens with one attached hydrogen (secondary N) is 1. The zero-order valence-electron chi connectivity index (χ0n) is 27.7. The molecule has 4 aromatic carbocycles. The highest BCUT2D eigenvalue weighted by Gasteiger charge is 2.53. The van der Waals surface area contributed by atoms with Gasteiger partial charge in [-0.15, -0.1) is 0 Å². The molecule has 0 unspecified atom stereocenters. The van der Waals surface area contributed by atoms with Gasteiger partial charge in [-0.3, -0.25) is 9.59 Å². The summed E-state index contributed by atoms with van der Waals surface area (Å²) in [5, 5.41) is 13.0. The Morgan fingerprint density at radius 1 is 0.918 bits per heavy atom. The van der Waals surface area contributed by atoms with E-state index in [1.165, 1.54) is 0 Å². The molecule has 2 N–H and O–H groups in total. The number of aliphatic hydroxyl groups is 1. The molecule has 0 aromatic heterocycles. The average Bonchev–Trinajstić information content (AvgIpc) is 3.48. The SMILES string of the molecule is CC(C)(C)OC(=O)CC[C@@]1(C(=O)NCc2ccc(Cl)cc2Cl)N=C(c2ccc(OCCCO)cc2)O[C@@H]1c1ccc(-c2ccccc2)cc1. The van der Waals surface area contributed by atoms with Crippen LogP contribution in [0.3, 0.4) is 0 Å². The lowest BCUT2D eigenvalue weighted by molar-refractivity contribution is -0.155. The molecular weight excluding hydrogens is 663 g/mol. The molecule has 49 heavy (non-hydrogen) atoms. The van der Waals surface area contributed by atoms with Crippen LogP contribution >= 0.6 is 23.2 Å². The van der Waals surface area contributed by atoms with E-state index < -0.39 is 29.1 Å². The second-order valence-corrected chi connectivity index (χ2v) is 13.6. The fourth-order valence-electron chi connectivity index (χ4n) is 5.53. The maximum atomic E-state index is 14.5. The average molecular weight is 704 g/mol. The van der Waals surface area contributed by atoms with E-state index in [0.29, 0.717) is 45.5 Å². The molecule has 0 radical (unpaired) electrons. The molecule has 0 bridgehead atoms. The molecule has 0 saturated carbocycles. The van der Waals surface area contributed by atoms with Crippen molar-refractivity contribution in [3.8, 4) is 16.9 Å². The number of carbonyl (C=O) groups is 2. The predicted molar refractivity (Wildman–Crippen MR) is 192 cm³/mol. The molecule has 2 atom stereocenters. The van der Waals surface area contributed by atoms with Crippen LogP contribution in [0.2, 0.25) is 10.0 Å². The molecular formula is C39H40Cl2N2O6. The number of halogens is 2. The summed E-state index contributed by atoms with van der Waals surface area (Å²) in [7, 11) is 0. The first-order valence-electron chi connectivity index (χ1n) is 16.2. The summed E-state index contributed by atoms with van der Waals surface area (Å²) in [5.41, 5.74) is 1.82. The number of carbonyl (C=O) groups excluding carboxylic acids is 2. The number of hydrogen-bond acceptors (Lipinski definition) is 7. The van der Waals surface area contributed by atoms with E-state index in [-0.39, 0.29) is 31.9 Å². The Kier molecular flexibility index (Phi) is 11.7. The Labute approximate surface area is 297 Å². The van der Waals surface area contributed by atoms with E-state index in [2.05, 4.69) is 5.32 Å². The highest BCUT2D eigenvalue weighted by atomic mass is 35.5. The van der Waals surface area contributed by atoms with Crippen LogP contribution < -0.4 is 10.1 Å². The topological polar surface area (TPSA) is 106 Å². The third kappa shape index (κ3) is 9.21. The maximum Gasteiger partial charge on any atom is 0.306 e. The van der Waals surface area contributed by atoms with Crippen LogP contribution in [0.15, 0.2) is 102 Å². The zero-order chi connectivity index (χ0) is 35.0. The fraction of sp³-hybridized carbons (Fsp3) is 0.308. The van der Waals surface area contributed by atoms with Gasteiger partial charge in [-0.05, 0) is 85.8 Å². The van der Waals surface area contributed by atoms with E-state index >= 15 is 0 Å². The Bertz CT molecular complexity index is 1770. The first-order chi connectivity index (χ1) is 23.5. The standard InChI is InChI=1S/C39H40Cl2N2O6/c1-38(2,3)49-34(45)20-21-39(37(46)42-25-30-14-17-31(40)24-33(30)41)35(28-12-10-27(11-13-28)26-8-5-4-6-9-26)48-36(43-39)29-15-18-32(19-16-29)47-23-7-22-44/h4-6,8-19,24,35,44H,7,20-23,25H2,1-3H3,(H,42,46)/t35-,39-/m1/s1. The Morgan fingerprint density at radius 3 is 2.24 bits per heavy atom. The van der Waals surface area contributed by atoms with Crippen molar-refractivity contribution in [3.63, 3.8) is 0 Å². The van der Waals surface area contributed by atoms with Gasteiger partial charge >= 0.3 is 5.97 Å². The molecule has 1 aliphatic heterocycles. The number of aliphatic hydroxyl groups excluding tert-OH is 1. The number of amides is 1. The van der Waals surface area contributed by atoms with Gasteiger partial charge in [0.15, 0.2) is 11.6 Å². The van der Waals surface area contributed by atoms with E-state index in [9.17, 15) is 9.59 Å². The lowest BCUT2D eigenvalue weighted by Crippen LogP contribution is -2.48. The fourth-order valence-corrected chi connectivity index (χ4v) is 6.01. The summed E-state index contributed by atoms with van der Waals surface area (Å²) in [6.45, 7) is 5.91. The van der Waals surface area contributed by atoms with Crippen LogP contribution in [-0.2, 0) is 25.6 Å². The van der Waals surface area contributed by atoms with Crippen LogP contribution in [0, 0.1) is 0 Å². The minimum Gasteiger partial charge on any atom is -0.494 e. The van der Waals surface area contributed by atoms with E-state index in [1.807, 2.05) is 54.6 Å².